The van der Waals surface area contributed by atoms with Gasteiger partial charge in [0.2, 0.25) is 0 Å². The quantitative estimate of drug-likeness (QED) is 0.790. The molecule has 0 radical (unpaired) electrons. The van der Waals surface area contributed by atoms with Crippen LogP contribution in [0.5, 0.6) is 0 Å². The minimum atomic E-state index is -4.49. The van der Waals surface area contributed by atoms with Crippen molar-refractivity contribution >= 4 is 12.0 Å². The third-order valence-corrected chi connectivity index (χ3v) is 2.83. The third-order valence-electron chi connectivity index (χ3n) is 2.83. The van der Waals surface area contributed by atoms with Crippen molar-refractivity contribution < 1.29 is 27.9 Å². The lowest BCUT2D eigenvalue weighted by atomic mass is 9.96. The molecule has 118 valence electrons. The Bertz CT molecular complexity index is 343. The van der Waals surface area contributed by atoms with E-state index >= 15 is 0 Å². The van der Waals surface area contributed by atoms with E-state index in [1.165, 1.54) is 13.8 Å². The van der Waals surface area contributed by atoms with E-state index in [0.29, 0.717) is 4.90 Å². The van der Waals surface area contributed by atoms with Crippen molar-refractivity contribution in [2.24, 2.45) is 11.8 Å². The second-order valence-corrected chi connectivity index (χ2v) is 5.21. The Kier molecular flexibility index (Phi) is 6.81. The molecule has 1 atom stereocenters. The van der Waals surface area contributed by atoms with Crippen LogP contribution in [0.1, 0.15) is 27.7 Å². The summed E-state index contributed by atoms with van der Waals surface area (Å²) in [7, 11) is 0. The average Bonchev–Trinajstić information content (AvgIpc) is 2.23. The molecule has 8 heteroatoms. The molecule has 0 aliphatic heterocycles. The molecular formula is C12H21F3N2O3. The summed E-state index contributed by atoms with van der Waals surface area (Å²) in [6, 6.07) is -1.55. The lowest BCUT2D eigenvalue weighted by Gasteiger charge is -2.28. The van der Waals surface area contributed by atoms with Gasteiger partial charge in [-0.2, -0.15) is 13.2 Å². The van der Waals surface area contributed by atoms with E-state index in [-0.39, 0.29) is 12.5 Å². The Morgan fingerprint density at radius 1 is 1.20 bits per heavy atom. The van der Waals surface area contributed by atoms with Crippen molar-refractivity contribution in [2.45, 2.75) is 39.9 Å². The predicted molar refractivity (Wildman–Crippen MR) is 67.3 cm³/mol. The molecule has 0 aliphatic rings. The lowest BCUT2D eigenvalue weighted by molar-refractivity contribution is -0.144. The molecule has 0 aromatic carbocycles. The zero-order valence-corrected chi connectivity index (χ0v) is 12.0. The Morgan fingerprint density at radius 3 is 2.00 bits per heavy atom. The molecule has 5 nitrogen and oxygen atoms in total. The van der Waals surface area contributed by atoms with Gasteiger partial charge in [-0.25, -0.2) is 4.79 Å². The van der Waals surface area contributed by atoms with E-state index in [4.69, 9.17) is 5.11 Å². The summed E-state index contributed by atoms with van der Waals surface area (Å²) in [5.41, 5.74) is 0. The van der Waals surface area contributed by atoms with Gasteiger partial charge in [0.15, 0.2) is 0 Å². The molecule has 20 heavy (non-hydrogen) atoms. The van der Waals surface area contributed by atoms with Crippen LogP contribution in [0.25, 0.3) is 0 Å². The molecule has 0 fully saturated rings. The number of nitrogens with one attached hydrogen (secondary N) is 1. The van der Waals surface area contributed by atoms with E-state index in [9.17, 15) is 22.8 Å². The maximum atomic E-state index is 12.4. The SMILES string of the molecule is CC(C)C(CNC(=O)N(CC(F)(F)F)C(C)C)C(=O)O. The van der Waals surface area contributed by atoms with Crippen molar-refractivity contribution in [2.75, 3.05) is 13.1 Å². The Morgan fingerprint density at radius 2 is 1.70 bits per heavy atom. The number of nitrogens with zero attached hydrogens (tertiary/aromatic N) is 1. The van der Waals surface area contributed by atoms with Crippen LogP contribution in [0.3, 0.4) is 0 Å². The monoisotopic (exact) mass is 298 g/mol. The number of carboxylic acid groups (broad SMARTS) is 1. The molecule has 0 rings (SSSR count). The highest BCUT2D eigenvalue weighted by Gasteiger charge is 2.34. The molecule has 0 saturated carbocycles. The minimum absolute atomic E-state index is 0.201. The summed E-state index contributed by atoms with van der Waals surface area (Å²) in [6.45, 7) is 4.69. The molecule has 0 bridgehead atoms. The largest absolute Gasteiger partial charge is 0.481 e. The summed E-state index contributed by atoms with van der Waals surface area (Å²) >= 11 is 0. The molecule has 1 unspecified atom stereocenters. The highest BCUT2D eigenvalue weighted by atomic mass is 19.4. The smallest absolute Gasteiger partial charge is 0.406 e. The third kappa shape index (κ3) is 6.63. The van der Waals surface area contributed by atoms with Crippen LogP contribution in [0.15, 0.2) is 0 Å². The van der Waals surface area contributed by atoms with E-state index in [1.54, 1.807) is 13.8 Å². The van der Waals surface area contributed by atoms with Crippen molar-refractivity contribution in [3.05, 3.63) is 0 Å². The molecule has 0 aromatic rings. The van der Waals surface area contributed by atoms with Crippen LogP contribution in [-0.2, 0) is 4.79 Å². The predicted octanol–water partition coefficient (Wildman–Crippen LogP) is 2.33. The van der Waals surface area contributed by atoms with Crippen molar-refractivity contribution in [1.82, 2.24) is 10.2 Å². The Balaban J connectivity index is 4.66. The fourth-order valence-corrected chi connectivity index (χ4v) is 1.59. The highest BCUT2D eigenvalue weighted by Crippen LogP contribution is 2.18. The van der Waals surface area contributed by atoms with Crippen LogP contribution in [-0.4, -0.2) is 47.3 Å². The van der Waals surface area contributed by atoms with Gasteiger partial charge in [-0.3, -0.25) is 4.79 Å². The van der Waals surface area contributed by atoms with Gasteiger partial charge < -0.3 is 15.3 Å². The summed E-state index contributed by atoms with van der Waals surface area (Å²) in [5, 5.41) is 11.2. The van der Waals surface area contributed by atoms with Gasteiger partial charge in [0.25, 0.3) is 0 Å². The zero-order valence-electron chi connectivity index (χ0n) is 12.0. The van der Waals surface area contributed by atoms with E-state index in [1.807, 2.05) is 0 Å². The Hall–Kier alpha value is -1.47. The summed E-state index contributed by atoms with van der Waals surface area (Å²) in [6.07, 6.45) is -4.49. The molecule has 0 spiro atoms. The summed E-state index contributed by atoms with van der Waals surface area (Å²) in [4.78, 5) is 23.3. The van der Waals surface area contributed by atoms with Crippen LogP contribution < -0.4 is 5.32 Å². The molecule has 0 heterocycles. The molecule has 0 aliphatic carbocycles. The first-order valence-corrected chi connectivity index (χ1v) is 6.29. The standard InChI is InChI=1S/C12H21F3N2O3/c1-7(2)9(10(18)19)5-16-11(20)17(8(3)4)6-12(13,14)15/h7-9H,5-6H2,1-4H3,(H,16,20)(H,18,19). The Labute approximate surface area is 116 Å². The van der Waals surface area contributed by atoms with Crippen LogP contribution in [0.4, 0.5) is 18.0 Å². The van der Waals surface area contributed by atoms with Crippen LogP contribution in [0.2, 0.25) is 0 Å². The lowest BCUT2D eigenvalue weighted by Crippen LogP contribution is -2.50. The number of halogens is 3. The van der Waals surface area contributed by atoms with E-state index in [0.717, 1.165) is 0 Å². The maximum absolute atomic E-state index is 12.4. The number of carboxylic acids is 1. The highest BCUT2D eigenvalue weighted by molar-refractivity contribution is 5.76. The fraction of sp³-hybridized carbons (Fsp3) is 0.833. The number of carbonyl (C=O) groups is 2. The van der Waals surface area contributed by atoms with E-state index < -0.39 is 36.7 Å². The summed E-state index contributed by atoms with van der Waals surface area (Å²) < 4.78 is 37.1. The average molecular weight is 298 g/mol. The first kappa shape index (κ1) is 18.5. The van der Waals surface area contributed by atoms with Gasteiger partial charge in [0.1, 0.15) is 6.54 Å². The van der Waals surface area contributed by atoms with Crippen LogP contribution in [0, 0.1) is 11.8 Å². The first-order valence-electron chi connectivity index (χ1n) is 6.29. The fourth-order valence-electron chi connectivity index (χ4n) is 1.59. The van der Waals surface area contributed by atoms with Gasteiger partial charge >= 0.3 is 18.2 Å². The van der Waals surface area contributed by atoms with E-state index in [2.05, 4.69) is 5.32 Å². The van der Waals surface area contributed by atoms with Crippen molar-refractivity contribution in [1.29, 1.82) is 0 Å². The number of hydrogen-bond donors (Lipinski definition) is 2. The van der Waals surface area contributed by atoms with Crippen molar-refractivity contribution in [3.63, 3.8) is 0 Å². The number of aliphatic carboxylic acids is 1. The van der Waals surface area contributed by atoms with Gasteiger partial charge in [-0.1, -0.05) is 13.8 Å². The summed E-state index contributed by atoms with van der Waals surface area (Å²) in [5.74, 6) is -2.16. The number of rotatable bonds is 6. The van der Waals surface area contributed by atoms with Gasteiger partial charge in [0, 0.05) is 12.6 Å². The number of amides is 2. The zero-order chi connectivity index (χ0) is 16.1. The topological polar surface area (TPSA) is 69.6 Å². The molecular weight excluding hydrogens is 277 g/mol. The molecule has 0 saturated heterocycles. The minimum Gasteiger partial charge on any atom is -0.481 e. The van der Waals surface area contributed by atoms with Gasteiger partial charge in [0.05, 0.1) is 5.92 Å². The number of urea groups is 1. The van der Waals surface area contributed by atoms with Gasteiger partial charge in [-0.15, -0.1) is 0 Å². The number of carbonyl (C=O) groups excluding carboxylic acids is 1. The van der Waals surface area contributed by atoms with Crippen LogP contribution >= 0.6 is 0 Å². The molecule has 0 aromatic heterocycles. The normalized spacial score (nSPS) is 13.4. The number of hydrogen-bond acceptors (Lipinski definition) is 2. The first-order chi connectivity index (χ1) is 8.95. The number of alkyl halides is 3. The maximum Gasteiger partial charge on any atom is 0.406 e. The molecule has 2 N–H and O–H groups in total. The second-order valence-electron chi connectivity index (χ2n) is 5.21. The second kappa shape index (κ2) is 7.35. The molecule has 2 amide bonds. The van der Waals surface area contributed by atoms with Crippen molar-refractivity contribution in [3.8, 4) is 0 Å². The van der Waals surface area contributed by atoms with Gasteiger partial charge in [-0.05, 0) is 19.8 Å².